The van der Waals surface area contributed by atoms with Crippen molar-refractivity contribution in [1.29, 1.82) is 0 Å². The largest absolute Gasteiger partial charge is 0.385 e. The second-order valence-corrected chi connectivity index (χ2v) is 5.09. The van der Waals surface area contributed by atoms with E-state index in [4.69, 9.17) is 4.74 Å². The number of rotatable bonds is 8. The van der Waals surface area contributed by atoms with Crippen molar-refractivity contribution in [3.8, 4) is 0 Å². The van der Waals surface area contributed by atoms with Crippen LogP contribution >= 0.6 is 0 Å². The van der Waals surface area contributed by atoms with E-state index in [1.54, 1.807) is 7.11 Å². The molecule has 0 fully saturated rings. The summed E-state index contributed by atoms with van der Waals surface area (Å²) in [6.45, 7) is 8.28. The van der Waals surface area contributed by atoms with Crippen LogP contribution in [0.15, 0.2) is 24.3 Å². The van der Waals surface area contributed by atoms with Crippen LogP contribution in [0.5, 0.6) is 0 Å². The van der Waals surface area contributed by atoms with Crippen molar-refractivity contribution < 1.29 is 9.53 Å². The maximum atomic E-state index is 12.5. The van der Waals surface area contributed by atoms with E-state index in [0.717, 1.165) is 24.2 Å². The molecule has 0 spiro atoms. The molecule has 112 valence electrons. The number of nitrogens with zero attached hydrogens (tertiary/aromatic N) is 1. The van der Waals surface area contributed by atoms with Gasteiger partial charge in [0, 0.05) is 37.5 Å². The van der Waals surface area contributed by atoms with Crippen molar-refractivity contribution in [2.24, 2.45) is 0 Å². The first-order chi connectivity index (χ1) is 9.60. The molecular formula is C16H26N2O2. The van der Waals surface area contributed by atoms with E-state index in [1.165, 1.54) is 0 Å². The molecule has 4 heteroatoms. The van der Waals surface area contributed by atoms with Gasteiger partial charge in [0.15, 0.2) is 0 Å². The minimum Gasteiger partial charge on any atom is -0.385 e. The number of methoxy groups -OCH3 is 1. The molecule has 0 bridgehead atoms. The average Bonchev–Trinajstić information content (AvgIpc) is 2.45. The maximum absolute atomic E-state index is 12.5. The van der Waals surface area contributed by atoms with Crippen LogP contribution in [0.2, 0.25) is 0 Å². The number of ether oxygens (including phenoxy) is 1. The third kappa shape index (κ3) is 4.85. The van der Waals surface area contributed by atoms with Crippen LogP contribution in [0.4, 0.5) is 5.69 Å². The van der Waals surface area contributed by atoms with Gasteiger partial charge in [-0.25, -0.2) is 0 Å². The Labute approximate surface area is 122 Å². The number of nitrogens with one attached hydrogen (secondary N) is 1. The van der Waals surface area contributed by atoms with Gasteiger partial charge in [-0.2, -0.15) is 0 Å². The van der Waals surface area contributed by atoms with Gasteiger partial charge < -0.3 is 15.0 Å². The van der Waals surface area contributed by atoms with E-state index in [0.29, 0.717) is 13.2 Å². The lowest BCUT2D eigenvalue weighted by atomic mass is 10.1. The fraction of sp³-hybridized carbons (Fsp3) is 0.562. The van der Waals surface area contributed by atoms with Crippen LogP contribution in [-0.2, 0) is 4.74 Å². The van der Waals surface area contributed by atoms with E-state index in [2.05, 4.69) is 12.2 Å². The number of hydrogen-bond donors (Lipinski definition) is 1. The maximum Gasteiger partial charge on any atom is 0.254 e. The molecule has 0 atom stereocenters. The standard InChI is InChI=1S/C16H26N2O2/c1-5-10-17-15-8-6-14(7-9-15)16(19)18(13(2)3)11-12-20-4/h6-9,13,17H,5,10-12H2,1-4H3. The van der Waals surface area contributed by atoms with Crippen LogP contribution in [0, 0.1) is 0 Å². The van der Waals surface area contributed by atoms with Gasteiger partial charge in [-0.05, 0) is 44.5 Å². The highest BCUT2D eigenvalue weighted by molar-refractivity contribution is 5.94. The smallest absolute Gasteiger partial charge is 0.254 e. The second kappa shape index (κ2) is 8.59. The van der Waals surface area contributed by atoms with Crippen LogP contribution < -0.4 is 5.32 Å². The summed E-state index contributed by atoms with van der Waals surface area (Å²) in [7, 11) is 1.65. The molecule has 4 nitrogen and oxygen atoms in total. The molecule has 0 saturated heterocycles. The van der Waals surface area contributed by atoms with Crippen LogP contribution in [0.25, 0.3) is 0 Å². The Morgan fingerprint density at radius 2 is 1.95 bits per heavy atom. The molecule has 0 aromatic heterocycles. The Hall–Kier alpha value is -1.55. The fourth-order valence-electron chi connectivity index (χ4n) is 1.95. The zero-order chi connectivity index (χ0) is 15.0. The summed E-state index contributed by atoms with van der Waals surface area (Å²) in [5, 5.41) is 3.30. The molecule has 1 rings (SSSR count). The molecule has 1 amide bonds. The highest BCUT2D eigenvalue weighted by Gasteiger charge is 2.18. The van der Waals surface area contributed by atoms with Gasteiger partial charge in [-0.15, -0.1) is 0 Å². The summed E-state index contributed by atoms with van der Waals surface area (Å²) in [6.07, 6.45) is 1.08. The Balaban J connectivity index is 2.73. The number of hydrogen-bond acceptors (Lipinski definition) is 3. The Morgan fingerprint density at radius 1 is 1.30 bits per heavy atom. The van der Waals surface area contributed by atoms with Crippen molar-refractivity contribution in [1.82, 2.24) is 4.90 Å². The van der Waals surface area contributed by atoms with E-state index >= 15 is 0 Å². The van der Waals surface area contributed by atoms with Crippen molar-refractivity contribution in [2.75, 3.05) is 32.1 Å². The van der Waals surface area contributed by atoms with Crippen molar-refractivity contribution in [3.63, 3.8) is 0 Å². The van der Waals surface area contributed by atoms with Crippen molar-refractivity contribution >= 4 is 11.6 Å². The molecule has 0 radical (unpaired) electrons. The molecular weight excluding hydrogens is 252 g/mol. The molecule has 0 heterocycles. The van der Waals surface area contributed by atoms with E-state index in [9.17, 15) is 4.79 Å². The summed E-state index contributed by atoms with van der Waals surface area (Å²) < 4.78 is 5.07. The molecule has 0 aliphatic carbocycles. The van der Waals surface area contributed by atoms with Gasteiger partial charge in [0.25, 0.3) is 5.91 Å². The predicted molar refractivity (Wildman–Crippen MR) is 83.3 cm³/mol. The molecule has 1 aromatic carbocycles. The van der Waals surface area contributed by atoms with E-state index in [1.807, 2.05) is 43.0 Å². The topological polar surface area (TPSA) is 41.6 Å². The van der Waals surface area contributed by atoms with Gasteiger partial charge in [-0.3, -0.25) is 4.79 Å². The number of anilines is 1. The third-order valence-corrected chi connectivity index (χ3v) is 3.13. The summed E-state index contributed by atoms with van der Waals surface area (Å²) >= 11 is 0. The minimum absolute atomic E-state index is 0.0547. The lowest BCUT2D eigenvalue weighted by Gasteiger charge is -2.26. The van der Waals surface area contributed by atoms with E-state index < -0.39 is 0 Å². The molecule has 1 aromatic rings. The van der Waals surface area contributed by atoms with Crippen molar-refractivity contribution in [2.45, 2.75) is 33.2 Å². The monoisotopic (exact) mass is 278 g/mol. The lowest BCUT2D eigenvalue weighted by molar-refractivity contribution is 0.0635. The minimum atomic E-state index is 0.0547. The van der Waals surface area contributed by atoms with Crippen LogP contribution in [0.3, 0.4) is 0 Å². The highest BCUT2D eigenvalue weighted by Crippen LogP contribution is 2.13. The van der Waals surface area contributed by atoms with Gasteiger partial charge in [-0.1, -0.05) is 6.92 Å². The normalized spacial score (nSPS) is 10.7. The molecule has 0 saturated carbocycles. The zero-order valence-electron chi connectivity index (χ0n) is 13.0. The van der Waals surface area contributed by atoms with Crippen LogP contribution in [-0.4, -0.2) is 43.7 Å². The molecule has 0 aliphatic rings. The number of carbonyl (C=O) groups excluding carboxylic acids is 1. The fourth-order valence-corrected chi connectivity index (χ4v) is 1.95. The lowest BCUT2D eigenvalue weighted by Crippen LogP contribution is -2.39. The average molecular weight is 278 g/mol. The first-order valence-corrected chi connectivity index (χ1v) is 7.24. The Kier molecular flexibility index (Phi) is 7.09. The third-order valence-electron chi connectivity index (χ3n) is 3.13. The zero-order valence-corrected chi connectivity index (χ0v) is 13.0. The van der Waals surface area contributed by atoms with Gasteiger partial charge in [0.2, 0.25) is 0 Å². The van der Waals surface area contributed by atoms with Gasteiger partial charge >= 0.3 is 0 Å². The van der Waals surface area contributed by atoms with Gasteiger partial charge in [0.1, 0.15) is 0 Å². The van der Waals surface area contributed by atoms with Gasteiger partial charge in [0.05, 0.1) is 6.61 Å². The SMILES string of the molecule is CCCNc1ccc(C(=O)N(CCOC)C(C)C)cc1. The van der Waals surface area contributed by atoms with Crippen molar-refractivity contribution in [3.05, 3.63) is 29.8 Å². The number of carbonyl (C=O) groups is 1. The van der Waals surface area contributed by atoms with E-state index in [-0.39, 0.29) is 11.9 Å². The molecule has 20 heavy (non-hydrogen) atoms. The first-order valence-electron chi connectivity index (χ1n) is 7.24. The number of benzene rings is 1. The summed E-state index contributed by atoms with van der Waals surface area (Å²) in [4.78, 5) is 14.3. The summed E-state index contributed by atoms with van der Waals surface area (Å²) in [5.41, 5.74) is 1.77. The summed E-state index contributed by atoms with van der Waals surface area (Å²) in [6, 6.07) is 7.83. The van der Waals surface area contributed by atoms with Crippen LogP contribution in [0.1, 0.15) is 37.6 Å². The predicted octanol–water partition coefficient (Wildman–Crippen LogP) is 3.01. The molecule has 1 N–H and O–H groups in total. The quantitative estimate of drug-likeness (QED) is 0.795. The molecule has 0 aliphatic heterocycles. The number of amides is 1. The summed E-state index contributed by atoms with van der Waals surface area (Å²) in [5.74, 6) is 0.0547. The Bertz CT molecular complexity index is 401. The molecule has 0 unspecified atom stereocenters. The highest BCUT2D eigenvalue weighted by atomic mass is 16.5. The Morgan fingerprint density at radius 3 is 2.45 bits per heavy atom. The second-order valence-electron chi connectivity index (χ2n) is 5.09. The first kappa shape index (κ1) is 16.5.